The third kappa shape index (κ3) is 3.58. The first kappa shape index (κ1) is 15.0. The van der Waals surface area contributed by atoms with Crippen LogP contribution in [0.15, 0.2) is 24.3 Å². The molecule has 110 valence electrons. The van der Waals surface area contributed by atoms with Gasteiger partial charge in [0.25, 0.3) is 0 Å². The van der Waals surface area contributed by atoms with Crippen LogP contribution in [-0.4, -0.2) is 31.7 Å². The third-order valence-electron chi connectivity index (χ3n) is 3.86. The fraction of sp³-hybridized carbons (Fsp3) is 0.562. The highest BCUT2D eigenvalue weighted by molar-refractivity contribution is 5.96. The van der Waals surface area contributed by atoms with E-state index in [0.717, 1.165) is 18.5 Å². The average molecular weight is 276 g/mol. The Morgan fingerprint density at radius 3 is 2.85 bits per heavy atom. The number of carbonyl (C=O) groups is 1. The molecule has 0 radical (unpaired) electrons. The Balaban J connectivity index is 2.06. The number of ether oxygens (including phenoxy) is 1. The van der Waals surface area contributed by atoms with Crippen LogP contribution in [0.2, 0.25) is 0 Å². The highest BCUT2D eigenvalue weighted by Crippen LogP contribution is 2.22. The number of amides is 1. The van der Waals surface area contributed by atoms with Crippen molar-refractivity contribution in [3.8, 4) is 0 Å². The predicted molar refractivity (Wildman–Crippen MR) is 80.8 cm³/mol. The zero-order valence-electron chi connectivity index (χ0n) is 12.5. The van der Waals surface area contributed by atoms with E-state index in [1.807, 2.05) is 18.2 Å². The molecule has 1 aromatic rings. The van der Waals surface area contributed by atoms with E-state index in [1.54, 1.807) is 7.11 Å². The summed E-state index contributed by atoms with van der Waals surface area (Å²) in [6, 6.07) is 8.04. The molecule has 0 saturated carbocycles. The fourth-order valence-corrected chi connectivity index (χ4v) is 2.54. The smallest absolute Gasteiger partial charge is 0.241 e. The lowest BCUT2D eigenvalue weighted by molar-refractivity contribution is -0.118. The van der Waals surface area contributed by atoms with Gasteiger partial charge in [0.15, 0.2) is 0 Å². The lowest BCUT2D eigenvalue weighted by Crippen LogP contribution is -2.49. The number of anilines is 1. The van der Waals surface area contributed by atoms with E-state index in [-0.39, 0.29) is 18.0 Å². The van der Waals surface area contributed by atoms with Gasteiger partial charge in [-0.2, -0.15) is 0 Å². The lowest BCUT2D eigenvalue weighted by Gasteiger charge is -2.26. The van der Waals surface area contributed by atoms with Crippen LogP contribution < -0.4 is 10.6 Å². The van der Waals surface area contributed by atoms with Gasteiger partial charge >= 0.3 is 0 Å². The second kappa shape index (κ2) is 6.86. The van der Waals surface area contributed by atoms with Crippen LogP contribution in [0, 0.1) is 5.92 Å². The van der Waals surface area contributed by atoms with Crippen molar-refractivity contribution in [1.29, 1.82) is 0 Å². The molecular formula is C16H24N2O2. The molecule has 0 aromatic heterocycles. The summed E-state index contributed by atoms with van der Waals surface area (Å²) in [4.78, 5) is 12.3. The van der Waals surface area contributed by atoms with E-state index in [1.165, 1.54) is 5.56 Å². The number of methoxy groups -OCH3 is 1. The largest absolute Gasteiger partial charge is 0.383 e. The number of hydrogen-bond acceptors (Lipinski definition) is 3. The number of nitrogens with one attached hydrogen (secondary N) is 2. The Hall–Kier alpha value is -1.39. The highest BCUT2D eigenvalue weighted by Gasteiger charge is 2.26. The van der Waals surface area contributed by atoms with Gasteiger partial charge in [-0.1, -0.05) is 32.0 Å². The molecule has 4 nitrogen and oxygen atoms in total. The van der Waals surface area contributed by atoms with Crippen molar-refractivity contribution in [2.45, 2.75) is 38.8 Å². The minimum Gasteiger partial charge on any atom is -0.383 e. The van der Waals surface area contributed by atoms with E-state index in [4.69, 9.17) is 4.74 Å². The minimum absolute atomic E-state index is 0.0525. The molecule has 1 aliphatic rings. The molecule has 2 atom stereocenters. The van der Waals surface area contributed by atoms with Crippen molar-refractivity contribution in [3.05, 3.63) is 29.8 Å². The Labute approximate surface area is 120 Å². The Morgan fingerprint density at radius 2 is 2.15 bits per heavy atom. The molecule has 2 rings (SSSR count). The van der Waals surface area contributed by atoms with Gasteiger partial charge < -0.3 is 15.4 Å². The van der Waals surface area contributed by atoms with E-state index < -0.39 is 0 Å². The molecule has 1 amide bonds. The van der Waals surface area contributed by atoms with Gasteiger partial charge in [0.2, 0.25) is 5.91 Å². The van der Waals surface area contributed by atoms with Gasteiger partial charge in [0.05, 0.1) is 12.6 Å². The molecule has 20 heavy (non-hydrogen) atoms. The first-order valence-corrected chi connectivity index (χ1v) is 7.25. The normalized spacial score (nSPS) is 20.2. The zero-order valence-corrected chi connectivity index (χ0v) is 12.5. The summed E-state index contributed by atoms with van der Waals surface area (Å²) < 4.78 is 5.24. The van der Waals surface area contributed by atoms with E-state index in [2.05, 4.69) is 30.5 Å². The second-order valence-corrected chi connectivity index (χ2v) is 5.71. The van der Waals surface area contributed by atoms with Gasteiger partial charge in [0, 0.05) is 18.8 Å². The monoisotopic (exact) mass is 276 g/mol. The molecule has 2 N–H and O–H groups in total. The van der Waals surface area contributed by atoms with Crippen molar-refractivity contribution in [2.24, 2.45) is 5.92 Å². The Kier molecular flexibility index (Phi) is 5.15. The van der Waals surface area contributed by atoms with Crippen molar-refractivity contribution in [3.63, 3.8) is 0 Å². The van der Waals surface area contributed by atoms with Crippen LogP contribution in [0.3, 0.4) is 0 Å². The summed E-state index contributed by atoms with van der Waals surface area (Å²) in [5.41, 5.74) is 2.15. The lowest BCUT2D eigenvalue weighted by atomic mass is 10.0. The molecule has 1 aliphatic heterocycles. The quantitative estimate of drug-likeness (QED) is 0.867. The number of benzene rings is 1. The molecule has 0 aliphatic carbocycles. The molecule has 0 saturated heterocycles. The Bertz CT molecular complexity index is 460. The first-order chi connectivity index (χ1) is 9.61. The SMILES string of the molecule is COCC(NC1CCc2ccccc2NC1=O)C(C)C. The number of fused-ring (bicyclic) bond motifs is 1. The van der Waals surface area contributed by atoms with E-state index in [0.29, 0.717) is 12.5 Å². The van der Waals surface area contributed by atoms with Crippen molar-refractivity contribution in [1.82, 2.24) is 5.32 Å². The summed E-state index contributed by atoms with van der Waals surface area (Å²) in [5, 5.41) is 6.46. The predicted octanol–water partition coefficient (Wildman–Crippen LogP) is 2.20. The summed E-state index contributed by atoms with van der Waals surface area (Å²) in [6.45, 7) is 4.90. The van der Waals surface area contributed by atoms with Crippen LogP contribution in [0.4, 0.5) is 5.69 Å². The third-order valence-corrected chi connectivity index (χ3v) is 3.86. The molecular weight excluding hydrogens is 252 g/mol. The topological polar surface area (TPSA) is 50.4 Å². The van der Waals surface area contributed by atoms with Gasteiger partial charge in [-0.15, -0.1) is 0 Å². The molecule has 0 spiro atoms. The number of aryl methyl sites for hydroxylation is 1. The maximum absolute atomic E-state index is 12.3. The fourth-order valence-electron chi connectivity index (χ4n) is 2.54. The number of rotatable bonds is 5. The highest BCUT2D eigenvalue weighted by atomic mass is 16.5. The van der Waals surface area contributed by atoms with Crippen LogP contribution in [0.5, 0.6) is 0 Å². The number of hydrogen-bond donors (Lipinski definition) is 2. The molecule has 2 unspecified atom stereocenters. The van der Waals surface area contributed by atoms with Gasteiger partial charge in [-0.25, -0.2) is 0 Å². The van der Waals surface area contributed by atoms with Crippen molar-refractivity contribution in [2.75, 3.05) is 19.0 Å². The zero-order chi connectivity index (χ0) is 14.5. The number of carbonyl (C=O) groups excluding carboxylic acids is 1. The van der Waals surface area contributed by atoms with E-state index >= 15 is 0 Å². The maximum Gasteiger partial charge on any atom is 0.241 e. The molecule has 1 aromatic carbocycles. The van der Waals surface area contributed by atoms with Crippen LogP contribution in [0.1, 0.15) is 25.8 Å². The summed E-state index contributed by atoms with van der Waals surface area (Å²) >= 11 is 0. The molecule has 1 heterocycles. The van der Waals surface area contributed by atoms with E-state index in [9.17, 15) is 4.79 Å². The summed E-state index contributed by atoms with van der Waals surface area (Å²) in [6.07, 6.45) is 1.72. The van der Waals surface area contributed by atoms with Gasteiger partial charge in [-0.3, -0.25) is 4.79 Å². The van der Waals surface area contributed by atoms with Gasteiger partial charge in [-0.05, 0) is 30.4 Å². The first-order valence-electron chi connectivity index (χ1n) is 7.25. The van der Waals surface area contributed by atoms with Crippen LogP contribution in [-0.2, 0) is 16.0 Å². The average Bonchev–Trinajstić information content (AvgIpc) is 2.57. The van der Waals surface area contributed by atoms with Crippen LogP contribution >= 0.6 is 0 Å². The van der Waals surface area contributed by atoms with Crippen molar-refractivity contribution < 1.29 is 9.53 Å². The van der Waals surface area contributed by atoms with Gasteiger partial charge in [0.1, 0.15) is 0 Å². The minimum atomic E-state index is -0.162. The molecule has 0 fully saturated rings. The van der Waals surface area contributed by atoms with Crippen molar-refractivity contribution >= 4 is 11.6 Å². The summed E-state index contributed by atoms with van der Waals surface area (Å²) in [5.74, 6) is 0.477. The number of para-hydroxylation sites is 1. The molecule has 0 bridgehead atoms. The standard InChI is InChI=1S/C16H24N2O2/c1-11(2)15(10-20-3)17-14-9-8-12-6-4-5-7-13(12)18-16(14)19/h4-7,11,14-15,17H,8-10H2,1-3H3,(H,18,19). The Morgan fingerprint density at radius 1 is 1.40 bits per heavy atom. The van der Waals surface area contributed by atoms with Crippen LogP contribution in [0.25, 0.3) is 0 Å². The summed E-state index contributed by atoms with van der Waals surface area (Å²) in [7, 11) is 1.69. The molecule has 4 heteroatoms. The maximum atomic E-state index is 12.3. The second-order valence-electron chi connectivity index (χ2n) is 5.71.